The van der Waals surface area contributed by atoms with Crippen LogP contribution in [0.4, 0.5) is 0 Å². The number of aryl methyl sites for hydroxylation is 3. The molecule has 0 aromatic carbocycles. The molecule has 3 aromatic rings. The molecular weight excluding hydrogens is 594 g/mol. The Balaban J connectivity index is 2.02. The lowest BCUT2D eigenvalue weighted by molar-refractivity contribution is -0.140. The molecule has 0 saturated heterocycles. The number of fused-ring (bicyclic) bond motifs is 8. The fourth-order valence-electron chi connectivity index (χ4n) is 6.76. The minimum Gasteiger partial charge on any atom is -0.478 e. The van der Waals surface area contributed by atoms with Crippen molar-refractivity contribution in [3.05, 3.63) is 75.4 Å². The third kappa shape index (κ3) is 6.00. The highest BCUT2D eigenvalue weighted by molar-refractivity contribution is 6.26. The summed E-state index contributed by atoms with van der Waals surface area (Å²) in [7, 11) is 1.34. The molecule has 1 amide bonds. The molecule has 5 heterocycles. The molecule has 2 atom stereocenters. The summed E-state index contributed by atoms with van der Waals surface area (Å²) in [6, 6.07) is 5.90. The van der Waals surface area contributed by atoms with E-state index in [0.29, 0.717) is 42.0 Å². The molecule has 10 heteroatoms. The maximum Gasteiger partial charge on any atom is 0.338 e. The highest BCUT2D eigenvalue weighted by Crippen LogP contribution is 2.43. The second-order valence-corrected chi connectivity index (χ2v) is 12.3. The Hall–Kier alpha value is -4.99. The van der Waals surface area contributed by atoms with Crippen LogP contribution >= 0.6 is 0 Å². The van der Waals surface area contributed by atoms with E-state index in [2.05, 4.69) is 41.8 Å². The molecule has 8 bridgehead atoms. The number of aromatic nitrogens is 4. The van der Waals surface area contributed by atoms with Gasteiger partial charge in [0.2, 0.25) is 0 Å². The molecule has 0 aliphatic carbocycles. The van der Waals surface area contributed by atoms with E-state index in [9.17, 15) is 19.5 Å². The second-order valence-electron chi connectivity index (χ2n) is 12.3. The number of nitrogens with one attached hydrogen (secondary N) is 3. The number of carboxylic acid groups (broad SMARTS) is 1. The first kappa shape index (κ1) is 33.4. The first-order valence-electron chi connectivity index (χ1n) is 16.1. The molecule has 0 unspecified atom stereocenters. The van der Waals surface area contributed by atoms with Crippen LogP contribution in [0.3, 0.4) is 0 Å². The summed E-state index contributed by atoms with van der Waals surface area (Å²) in [5.41, 5.74) is 9.71. The molecule has 5 rings (SSSR count). The Morgan fingerprint density at radius 2 is 1.72 bits per heavy atom. The van der Waals surface area contributed by atoms with Gasteiger partial charge in [-0.05, 0) is 80.5 Å². The largest absolute Gasteiger partial charge is 0.478 e. The molecule has 3 aromatic heterocycles. The van der Waals surface area contributed by atoms with Crippen LogP contribution in [0.5, 0.6) is 0 Å². The standard InChI is InChI=1S/C37H43N5O5/c1-9-14-38-36(44)33-34-24(12-13-31(43)47-8)20(6)27(41-34)15-25-18(4)22(10-2)29(39-25)16-26-19(5)23(11-3)30(40-26)17-28-21(7)32(37(45)46)35(33)42-28/h10,15-17,20,24,39-40H,2,9,11-14H2,1,3-8H3,(H,38,44)(H,45,46)/t20-,24-/m0/s1. The monoisotopic (exact) mass is 637 g/mol. The van der Waals surface area contributed by atoms with Crippen LogP contribution in [0.15, 0.2) is 24.8 Å². The van der Waals surface area contributed by atoms with Gasteiger partial charge in [0.15, 0.2) is 0 Å². The van der Waals surface area contributed by atoms with Crippen molar-refractivity contribution in [3.63, 3.8) is 0 Å². The van der Waals surface area contributed by atoms with Gasteiger partial charge >= 0.3 is 11.9 Å². The lowest BCUT2D eigenvalue weighted by Gasteiger charge is -2.18. The normalized spacial score (nSPS) is 15.9. The maximum absolute atomic E-state index is 14.1. The van der Waals surface area contributed by atoms with E-state index in [1.807, 2.05) is 39.0 Å². The molecule has 2 aliphatic heterocycles. The van der Waals surface area contributed by atoms with Crippen molar-refractivity contribution in [1.29, 1.82) is 0 Å². The number of aromatic amines is 2. The molecule has 0 radical (unpaired) electrons. The minimum atomic E-state index is -1.18. The Morgan fingerprint density at radius 3 is 2.36 bits per heavy atom. The van der Waals surface area contributed by atoms with Crippen molar-refractivity contribution in [2.24, 2.45) is 0 Å². The van der Waals surface area contributed by atoms with Gasteiger partial charge in [-0.15, -0.1) is 0 Å². The molecule has 0 saturated carbocycles. The van der Waals surface area contributed by atoms with Crippen LogP contribution in [0.25, 0.3) is 39.3 Å². The summed E-state index contributed by atoms with van der Waals surface area (Å²) >= 11 is 0. The molecule has 246 valence electrons. The van der Waals surface area contributed by atoms with Gasteiger partial charge < -0.3 is 25.1 Å². The van der Waals surface area contributed by atoms with Crippen LogP contribution in [0, 0.1) is 13.8 Å². The molecular formula is C37H43N5O5. The van der Waals surface area contributed by atoms with Gasteiger partial charge in [-0.2, -0.15) is 0 Å². The van der Waals surface area contributed by atoms with Crippen molar-refractivity contribution in [2.75, 3.05) is 13.7 Å². The van der Waals surface area contributed by atoms with Crippen molar-refractivity contribution in [3.8, 4) is 0 Å². The van der Waals surface area contributed by atoms with Crippen LogP contribution in [-0.4, -0.2) is 56.5 Å². The predicted octanol–water partition coefficient (Wildman–Crippen LogP) is 7.13. The highest BCUT2D eigenvalue weighted by atomic mass is 16.5. The Labute approximate surface area is 274 Å². The number of carboxylic acids is 1. The lowest BCUT2D eigenvalue weighted by Crippen LogP contribution is -2.27. The topological polar surface area (TPSA) is 150 Å². The number of carbonyl (C=O) groups excluding carboxylic acids is 2. The first-order valence-corrected chi connectivity index (χ1v) is 16.1. The summed E-state index contributed by atoms with van der Waals surface area (Å²) in [6.45, 7) is 16.3. The number of esters is 1. The number of aliphatic carboxylic acids is 1. The van der Waals surface area contributed by atoms with Gasteiger partial charge in [-0.25, -0.2) is 9.78 Å². The quantitative estimate of drug-likeness (QED) is 0.182. The third-order valence-corrected chi connectivity index (χ3v) is 9.49. The SMILES string of the molecule is C=Cc1c(C)c2cc3nc(c(C(=O)NCCC)c4nc(cc5[nH]c(cc1[nH]2)c(C)c5CC)C(C)=C4C(=O)O)[C@@H](CCC(=O)OC)[C@@H]3C. The van der Waals surface area contributed by atoms with E-state index < -0.39 is 11.9 Å². The second kappa shape index (κ2) is 13.4. The zero-order chi connectivity index (χ0) is 34.2. The number of nitrogens with zero attached hydrogens (tertiary/aromatic N) is 2. The number of ether oxygens (including phenoxy) is 1. The van der Waals surface area contributed by atoms with Gasteiger partial charge in [0, 0.05) is 58.1 Å². The number of amides is 1. The third-order valence-electron chi connectivity index (χ3n) is 9.49. The smallest absolute Gasteiger partial charge is 0.338 e. The van der Waals surface area contributed by atoms with Crippen molar-refractivity contribution in [1.82, 2.24) is 25.3 Å². The predicted molar refractivity (Wildman–Crippen MR) is 185 cm³/mol. The van der Waals surface area contributed by atoms with E-state index in [4.69, 9.17) is 14.7 Å². The summed E-state index contributed by atoms with van der Waals surface area (Å²) < 4.78 is 4.95. The van der Waals surface area contributed by atoms with Crippen molar-refractivity contribution < 1.29 is 24.2 Å². The van der Waals surface area contributed by atoms with Gasteiger partial charge in [-0.3, -0.25) is 14.6 Å². The van der Waals surface area contributed by atoms with Gasteiger partial charge in [0.1, 0.15) is 0 Å². The van der Waals surface area contributed by atoms with Crippen molar-refractivity contribution >= 4 is 57.1 Å². The van der Waals surface area contributed by atoms with Crippen LogP contribution < -0.4 is 5.32 Å². The van der Waals surface area contributed by atoms with Crippen molar-refractivity contribution in [2.45, 2.75) is 79.1 Å². The summed E-state index contributed by atoms with van der Waals surface area (Å²) in [6.07, 6.45) is 3.71. The maximum atomic E-state index is 14.1. The lowest BCUT2D eigenvalue weighted by atomic mass is 9.85. The number of methoxy groups -OCH3 is 1. The van der Waals surface area contributed by atoms with Gasteiger partial charge in [0.05, 0.1) is 35.3 Å². The number of hydrogen-bond acceptors (Lipinski definition) is 6. The molecule has 10 nitrogen and oxygen atoms in total. The minimum absolute atomic E-state index is 0.0464. The molecule has 4 N–H and O–H groups in total. The average Bonchev–Trinajstić information content (AvgIpc) is 3.72. The van der Waals surface area contributed by atoms with E-state index in [1.165, 1.54) is 7.11 Å². The molecule has 2 aliphatic rings. The summed E-state index contributed by atoms with van der Waals surface area (Å²) in [5.74, 6) is -2.61. The Kier molecular flexibility index (Phi) is 9.51. The number of allylic oxidation sites excluding steroid dienone is 1. The Morgan fingerprint density at radius 1 is 1.02 bits per heavy atom. The van der Waals surface area contributed by atoms with E-state index in [1.54, 1.807) is 6.92 Å². The molecule has 0 spiro atoms. The van der Waals surface area contributed by atoms with Gasteiger partial charge in [0.25, 0.3) is 5.91 Å². The van der Waals surface area contributed by atoms with Crippen LogP contribution in [-0.2, 0) is 20.7 Å². The Bertz CT molecular complexity index is 2000. The molecule has 0 fully saturated rings. The zero-order valence-electron chi connectivity index (χ0n) is 28.2. The highest BCUT2D eigenvalue weighted by Gasteiger charge is 2.37. The van der Waals surface area contributed by atoms with E-state index in [0.717, 1.165) is 50.7 Å². The first-order chi connectivity index (χ1) is 22.4. The van der Waals surface area contributed by atoms with Crippen LogP contribution in [0.1, 0.15) is 114 Å². The summed E-state index contributed by atoms with van der Waals surface area (Å²) in [4.78, 5) is 56.4. The number of carbonyl (C=O) groups is 3. The number of hydrogen-bond donors (Lipinski definition) is 4. The summed E-state index contributed by atoms with van der Waals surface area (Å²) in [5, 5.41) is 13.5. The number of rotatable bonds is 9. The van der Waals surface area contributed by atoms with Crippen LogP contribution in [0.2, 0.25) is 0 Å². The van der Waals surface area contributed by atoms with Gasteiger partial charge in [-0.1, -0.05) is 33.4 Å². The zero-order valence-corrected chi connectivity index (χ0v) is 28.2. The average molecular weight is 638 g/mol. The van der Waals surface area contributed by atoms with E-state index >= 15 is 0 Å². The van der Waals surface area contributed by atoms with E-state index in [-0.39, 0.29) is 41.1 Å². The number of H-pyrrole nitrogens is 2. The molecule has 47 heavy (non-hydrogen) atoms. The fourth-order valence-corrected chi connectivity index (χ4v) is 6.76. The fraction of sp³-hybridized carbons (Fsp3) is 0.378.